The maximum absolute atomic E-state index is 13.3. The molecule has 5 aliphatic rings. The van der Waals surface area contributed by atoms with Crippen molar-refractivity contribution < 1.29 is 18.9 Å². The zero-order valence-electron chi connectivity index (χ0n) is 42.6. The summed E-state index contributed by atoms with van der Waals surface area (Å²) in [5, 5.41) is 6.14. The quantitative estimate of drug-likeness (QED) is 0.121. The van der Waals surface area contributed by atoms with Crippen molar-refractivity contribution >= 4 is 82.5 Å². The number of nitrogens with zero attached hydrogens (tertiary/aromatic N) is 12. The Kier molecular flexibility index (Phi) is 14.0. The highest BCUT2D eigenvalue weighted by Gasteiger charge is 2.52. The molecular weight excluding hydrogens is 931 g/mol. The van der Waals surface area contributed by atoms with Gasteiger partial charge in [0.2, 0.25) is 0 Å². The number of amides is 4. The van der Waals surface area contributed by atoms with Crippen LogP contribution in [0.3, 0.4) is 0 Å². The normalized spacial score (nSPS) is 18.5. The van der Waals surface area contributed by atoms with Crippen molar-refractivity contribution in [1.82, 2.24) is 29.9 Å². The first kappa shape index (κ1) is 49.9. The van der Waals surface area contributed by atoms with Crippen molar-refractivity contribution in [3.63, 3.8) is 0 Å². The molecule has 4 amide bonds. The van der Waals surface area contributed by atoms with E-state index < -0.39 is 0 Å². The first-order valence-electron chi connectivity index (χ1n) is 24.2. The third kappa shape index (κ3) is 10.2. The topological polar surface area (TPSA) is 173 Å². The van der Waals surface area contributed by atoms with Crippen LogP contribution in [0.2, 0.25) is 5.15 Å². The smallest absolute Gasteiger partial charge is 0.399 e. The third-order valence-corrected chi connectivity index (χ3v) is 14.3. The fraction of sp³-hybridized carbons (Fsp3) is 0.385. The number of carbonyl (C=O) groups is 2. The van der Waals surface area contributed by atoms with Gasteiger partial charge in [-0.2, -0.15) is 0 Å². The fourth-order valence-corrected chi connectivity index (χ4v) is 9.49. The molecule has 4 bridgehead atoms. The van der Waals surface area contributed by atoms with Crippen molar-refractivity contribution in [3.8, 4) is 11.3 Å². The molecule has 374 valence electrons. The minimum Gasteiger partial charge on any atom is -0.399 e. The lowest BCUT2D eigenvalue weighted by atomic mass is 9.77. The Balaban J connectivity index is 0.000000138. The molecule has 0 radical (unpaired) electrons. The molecule has 0 spiro atoms. The number of halogens is 1. The summed E-state index contributed by atoms with van der Waals surface area (Å²) in [6.07, 6.45) is 8.86. The van der Waals surface area contributed by atoms with Crippen LogP contribution in [-0.4, -0.2) is 127 Å². The molecule has 11 rings (SSSR count). The number of anilines is 8. The van der Waals surface area contributed by atoms with E-state index in [0.29, 0.717) is 28.4 Å². The van der Waals surface area contributed by atoms with Crippen LogP contribution in [0.25, 0.3) is 11.3 Å². The number of fused-ring (bicyclic) bond motifs is 8. The number of carbonyl (C=O) groups excluding carboxylic acids is 2. The minimum absolute atomic E-state index is 0.0919. The summed E-state index contributed by atoms with van der Waals surface area (Å²) >= 11 is 6.02. The number of urea groups is 2. The molecule has 6 aromatic rings. The molecule has 20 heteroatoms. The van der Waals surface area contributed by atoms with Gasteiger partial charge in [0.05, 0.1) is 40.4 Å². The Labute approximate surface area is 426 Å². The van der Waals surface area contributed by atoms with Crippen LogP contribution in [0, 0.1) is 13.8 Å². The molecule has 72 heavy (non-hydrogen) atoms. The summed E-state index contributed by atoms with van der Waals surface area (Å²) in [5.74, 6) is 4.21. The first-order chi connectivity index (χ1) is 34.4. The summed E-state index contributed by atoms with van der Waals surface area (Å²) in [7, 11) is 7.57. The lowest BCUT2D eigenvalue weighted by molar-refractivity contribution is 0.00578. The van der Waals surface area contributed by atoms with E-state index in [1.807, 2.05) is 86.8 Å². The van der Waals surface area contributed by atoms with Crippen LogP contribution < -0.4 is 45.5 Å². The molecule has 18 nitrogen and oxygen atoms in total. The number of pyridine rings is 6. The molecule has 5 aliphatic heterocycles. The summed E-state index contributed by atoms with van der Waals surface area (Å²) < 4.78 is 12.1. The summed E-state index contributed by atoms with van der Waals surface area (Å²) in [6, 6.07) is 22.5. The van der Waals surface area contributed by atoms with E-state index in [1.165, 1.54) is 0 Å². The Morgan fingerprint density at radius 2 is 1.17 bits per heavy atom. The first-order valence-corrected chi connectivity index (χ1v) is 24.6. The molecule has 11 heterocycles. The summed E-state index contributed by atoms with van der Waals surface area (Å²) in [5.41, 5.74) is 6.32. The van der Waals surface area contributed by atoms with Crippen molar-refractivity contribution in [2.45, 2.75) is 77.7 Å². The average molecular weight is 993 g/mol. The van der Waals surface area contributed by atoms with Gasteiger partial charge in [0.15, 0.2) is 11.6 Å². The van der Waals surface area contributed by atoms with Crippen molar-refractivity contribution in [1.29, 1.82) is 0 Å². The van der Waals surface area contributed by atoms with Crippen LogP contribution in [0.5, 0.6) is 0 Å². The Morgan fingerprint density at radius 3 is 1.65 bits per heavy atom. The predicted molar refractivity (Wildman–Crippen MR) is 288 cm³/mol. The van der Waals surface area contributed by atoms with Crippen molar-refractivity contribution in [2.75, 3.05) is 94.4 Å². The maximum Gasteiger partial charge on any atom is 0.496 e. The molecule has 6 aromatic heterocycles. The van der Waals surface area contributed by atoms with E-state index >= 15 is 0 Å². The summed E-state index contributed by atoms with van der Waals surface area (Å²) in [4.78, 5) is 64.7. The van der Waals surface area contributed by atoms with Gasteiger partial charge in [-0.3, -0.25) is 20.4 Å². The van der Waals surface area contributed by atoms with Crippen LogP contribution in [0.15, 0.2) is 97.6 Å². The standard InChI is InChI=1S/C23H25N7O.C15H14ClN5O.C14H23BN2O2/c1-15-12-21(28(2)3)25-13-17(15)18-7-8-19-22(26-18)30(16-9-11-29(19)14-16)23(31)27-20-6-4-5-10-24-20;16-12-5-4-11-14(18-12)21(10-6-8-20(11)9-10)15(22)19-13-3-1-2-7-17-13;1-10-8-12(17(6)7)16-9-11(10)15-18-13(2,3)14(4,5)19-15/h4-8,10,12-13,16H,9,11,14H2,1-3H3,(H,24,27,31);1-5,7,10H,6,8-9H2,(H,17,19,22);8-9H,1-7H3/t16-;10-;/m00./s1. The highest BCUT2D eigenvalue weighted by molar-refractivity contribution is 6.62. The Hall–Kier alpha value is -7.09. The molecule has 0 aromatic carbocycles. The molecule has 0 unspecified atom stereocenters. The molecular formula is C52H62BClN14O4. The van der Waals surface area contributed by atoms with Crippen LogP contribution >= 0.6 is 11.6 Å². The average Bonchev–Trinajstić information content (AvgIpc) is 4.03. The van der Waals surface area contributed by atoms with Gasteiger partial charge in [0.25, 0.3) is 0 Å². The minimum atomic E-state index is -0.339. The van der Waals surface area contributed by atoms with E-state index in [2.05, 4.69) is 105 Å². The van der Waals surface area contributed by atoms with E-state index in [-0.39, 0.29) is 42.5 Å². The third-order valence-electron chi connectivity index (χ3n) is 14.0. The number of aromatic nitrogens is 6. The summed E-state index contributed by atoms with van der Waals surface area (Å²) in [6.45, 7) is 15.9. The molecule has 3 fully saturated rings. The lowest BCUT2D eigenvalue weighted by Crippen LogP contribution is -2.48. The van der Waals surface area contributed by atoms with E-state index in [9.17, 15) is 9.59 Å². The van der Waals surface area contributed by atoms with Gasteiger partial charge >= 0.3 is 19.2 Å². The number of aryl methyl sites for hydroxylation is 2. The molecule has 2 atom stereocenters. The largest absolute Gasteiger partial charge is 0.496 e. The highest BCUT2D eigenvalue weighted by Crippen LogP contribution is 2.42. The van der Waals surface area contributed by atoms with Gasteiger partial charge in [-0.15, -0.1) is 0 Å². The zero-order chi connectivity index (χ0) is 51.1. The van der Waals surface area contributed by atoms with Gasteiger partial charge in [-0.1, -0.05) is 23.7 Å². The SMILES string of the molecule is Cc1cc(N(C)C)ncc1-c1ccc2c(n1)N(C(=O)Nc1ccccn1)[C@H]1CCN2C1.Cc1cc(N(C)C)ncc1B1OC(C)(C)C(C)(C)O1.O=C(Nc1ccccn1)N1c2nc(Cl)ccc2N2CC[C@H]1C2. The number of hydrogen-bond acceptors (Lipinski definition) is 14. The Bertz CT molecular complexity index is 2930. The Morgan fingerprint density at radius 1 is 0.667 bits per heavy atom. The van der Waals surface area contributed by atoms with Crippen LogP contribution in [0.4, 0.5) is 55.9 Å². The van der Waals surface area contributed by atoms with E-state index in [4.69, 9.17) is 25.9 Å². The highest BCUT2D eigenvalue weighted by atomic mass is 35.5. The second-order valence-corrected chi connectivity index (χ2v) is 20.3. The number of nitrogens with one attached hydrogen (secondary N) is 2. The van der Waals surface area contributed by atoms with E-state index in [1.54, 1.807) is 40.4 Å². The molecule has 3 saturated heterocycles. The monoisotopic (exact) mass is 992 g/mol. The van der Waals surface area contributed by atoms with E-state index in [0.717, 1.165) is 89.9 Å². The van der Waals surface area contributed by atoms with Crippen LogP contribution in [-0.2, 0) is 9.31 Å². The van der Waals surface area contributed by atoms with Gasteiger partial charge in [-0.25, -0.2) is 39.5 Å². The lowest BCUT2D eigenvalue weighted by Gasteiger charge is -2.35. The van der Waals surface area contributed by atoms with Crippen molar-refractivity contribution in [3.05, 3.63) is 114 Å². The maximum atomic E-state index is 13.3. The van der Waals surface area contributed by atoms with Crippen LogP contribution in [0.1, 0.15) is 51.7 Å². The second kappa shape index (κ2) is 20.2. The molecule has 0 saturated carbocycles. The fourth-order valence-electron chi connectivity index (χ4n) is 9.35. The van der Waals surface area contributed by atoms with Gasteiger partial charge in [0.1, 0.15) is 28.4 Å². The molecule has 2 N–H and O–H groups in total. The van der Waals surface area contributed by atoms with Gasteiger partial charge in [0, 0.05) is 90.2 Å². The number of rotatable bonds is 6. The number of hydrogen-bond donors (Lipinski definition) is 2. The molecule has 0 aliphatic carbocycles. The van der Waals surface area contributed by atoms with Gasteiger partial charge < -0.3 is 28.9 Å². The van der Waals surface area contributed by atoms with Crippen molar-refractivity contribution in [2.24, 2.45) is 0 Å². The second-order valence-electron chi connectivity index (χ2n) is 20.0. The zero-order valence-corrected chi connectivity index (χ0v) is 43.3. The predicted octanol–water partition coefficient (Wildman–Crippen LogP) is 8.06. The van der Waals surface area contributed by atoms with Gasteiger partial charge in [-0.05, 0) is 126 Å².